The van der Waals surface area contributed by atoms with Gasteiger partial charge in [-0.3, -0.25) is 4.79 Å². The first-order valence-electron chi connectivity index (χ1n) is 8.76. The van der Waals surface area contributed by atoms with Gasteiger partial charge in [-0.1, -0.05) is 44.2 Å². The summed E-state index contributed by atoms with van der Waals surface area (Å²) in [6.45, 7) is 4.55. The van der Waals surface area contributed by atoms with Gasteiger partial charge in [0, 0.05) is 12.7 Å². The number of anilines is 1. The summed E-state index contributed by atoms with van der Waals surface area (Å²) < 4.78 is 40.6. The molecular weight excluding hydrogens is 357 g/mol. The standard InChI is InChI=1S/C19H21F3N4O/c1-11(2)13-10-24-17(27)15(13)14-8-9-23-18(25-14)26-16(19(20,21)22)12-6-4-3-5-7-12/h3-9,11,13,15-16H,10H2,1-2H3,(H,24,27)(H,23,25,26)/t13?,15-,16-/m0/s1. The minimum absolute atomic E-state index is 0.0350. The van der Waals surface area contributed by atoms with Gasteiger partial charge in [0.15, 0.2) is 6.04 Å². The van der Waals surface area contributed by atoms with E-state index in [9.17, 15) is 18.0 Å². The van der Waals surface area contributed by atoms with Crippen LogP contribution in [0.1, 0.15) is 37.1 Å². The fourth-order valence-corrected chi connectivity index (χ4v) is 3.36. The smallest absolute Gasteiger partial charge is 0.355 e. The molecule has 1 amide bonds. The second-order valence-electron chi connectivity index (χ2n) is 6.97. The van der Waals surface area contributed by atoms with E-state index in [-0.39, 0.29) is 29.3 Å². The van der Waals surface area contributed by atoms with Gasteiger partial charge >= 0.3 is 6.18 Å². The lowest BCUT2D eigenvalue weighted by molar-refractivity contribution is -0.144. The van der Waals surface area contributed by atoms with Crippen molar-refractivity contribution in [2.24, 2.45) is 11.8 Å². The van der Waals surface area contributed by atoms with Crippen molar-refractivity contribution in [3.8, 4) is 0 Å². The molecule has 2 heterocycles. The van der Waals surface area contributed by atoms with Crippen molar-refractivity contribution < 1.29 is 18.0 Å². The zero-order valence-corrected chi connectivity index (χ0v) is 15.0. The van der Waals surface area contributed by atoms with Crippen LogP contribution in [0.15, 0.2) is 42.6 Å². The van der Waals surface area contributed by atoms with Gasteiger partial charge in [0.1, 0.15) is 0 Å². The minimum atomic E-state index is -4.52. The summed E-state index contributed by atoms with van der Waals surface area (Å²) in [6.07, 6.45) is -3.14. The predicted octanol–water partition coefficient (Wildman–Crippen LogP) is 3.68. The van der Waals surface area contributed by atoms with Crippen LogP contribution in [0.2, 0.25) is 0 Å². The number of alkyl halides is 3. The average molecular weight is 378 g/mol. The van der Waals surface area contributed by atoms with Gasteiger partial charge in [0.2, 0.25) is 11.9 Å². The lowest BCUT2D eigenvalue weighted by Crippen LogP contribution is -2.29. The lowest BCUT2D eigenvalue weighted by atomic mass is 9.84. The maximum absolute atomic E-state index is 13.5. The Bertz CT molecular complexity index is 795. The maximum Gasteiger partial charge on any atom is 0.412 e. The largest absolute Gasteiger partial charge is 0.412 e. The zero-order valence-electron chi connectivity index (χ0n) is 15.0. The Labute approximate surface area is 155 Å². The summed E-state index contributed by atoms with van der Waals surface area (Å²) in [5.41, 5.74) is 0.493. The van der Waals surface area contributed by atoms with Crippen LogP contribution in [0.4, 0.5) is 19.1 Å². The van der Waals surface area contributed by atoms with Crippen molar-refractivity contribution in [1.82, 2.24) is 15.3 Å². The molecule has 144 valence electrons. The molecule has 8 heteroatoms. The summed E-state index contributed by atoms with van der Waals surface area (Å²) in [4.78, 5) is 20.4. The molecular formula is C19H21F3N4O. The lowest BCUT2D eigenvalue weighted by Gasteiger charge is -2.23. The molecule has 27 heavy (non-hydrogen) atoms. The Hall–Kier alpha value is -2.64. The van der Waals surface area contributed by atoms with Gasteiger partial charge in [-0.05, 0) is 23.5 Å². The average Bonchev–Trinajstić information content (AvgIpc) is 3.01. The van der Waals surface area contributed by atoms with E-state index in [4.69, 9.17) is 0 Å². The van der Waals surface area contributed by atoms with Gasteiger partial charge in [-0.25, -0.2) is 9.97 Å². The van der Waals surface area contributed by atoms with Crippen LogP contribution < -0.4 is 10.6 Å². The Morgan fingerprint density at radius 1 is 1.19 bits per heavy atom. The summed E-state index contributed by atoms with van der Waals surface area (Å²) >= 11 is 0. The molecule has 2 aromatic rings. The first-order chi connectivity index (χ1) is 12.8. The third-order valence-corrected chi connectivity index (χ3v) is 4.81. The Morgan fingerprint density at radius 2 is 1.89 bits per heavy atom. The van der Waals surface area contributed by atoms with Gasteiger partial charge in [-0.2, -0.15) is 13.2 Å². The molecule has 1 aromatic carbocycles. The molecule has 1 unspecified atom stereocenters. The first-order valence-corrected chi connectivity index (χ1v) is 8.76. The molecule has 1 aromatic heterocycles. The van der Waals surface area contributed by atoms with E-state index < -0.39 is 18.1 Å². The van der Waals surface area contributed by atoms with Crippen molar-refractivity contribution in [2.75, 3.05) is 11.9 Å². The van der Waals surface area contributed by atoms with Crippen molar-refractivity contribution in [3.63, 3.8) is 0 Å². The van der Waals surface area contributed by atoms with Crippen LogP contribution in [-0.2, 0) is 4.79 Å². The molecule has 1 fully saturated rings. The quantitative estimate of drug-likeness (QED) is 0.833. The Kier molecular flexibility index (Phi) is 5.34. The highest BCUT2D eigenvalue weighted by atomic mass is 19.4. The Morgan fingerprint density at radius 3 is 2.52 bits per heavy atom. The molecule has 0 radical (unpaired) electrons. The van der Waals surface area contributed by atoms with E-state index in [1.807, 2.05) is 13.8 Å². The number of hydrogen-bond donors (Lipinski definition) is 2. The monoisotopic (exact) mass is 378 g/mol. The second-order valence-corrected chi connectivity index (χ2v) is 6.97. The third kappa shape index (κ3) is 4.20. The number of carbonyl (C=O) groups excluding carboxylic acids is 1. The molecule has 1 aliphatic heterocycles. The fraction of sp³-hybridized carbons (Fsp3) is 0.421. The number of hydrogen-bond acceptors (Lipinski definition) is 4. The molecule has 0 bridgehead atoms. The van der Waals surface area contributed by atoms with E-state index in [1.165, 1.54) is 18.3 Å². The Balaban J connectivity index is 1.90. The normalized spacial score (nSPS) is 21.2. The molecule has 0 aliphatic carbocycles. The molecule has 0 saturated carbocycles. The van der Waals surface area contributed by atoms with Crippen LogP contribution in [0.3, 0.4) is 0 Å². The summed E-state index contributed by atoms with van der Waals surface area (Å²) in [5.74, 6) is -0.537. The number of nitrogens with one attached hydrogen (secondary N) is 2. The predicted molar refractivity (Wildman–Crippen MR) is 95.0 cm³/mol. The number of aromatic nitrogens is 2. The van der Waals surface area contributed by atoms with Crippen LogP contribution in [0.5, 0.6) is 0 Å². The van der Waals surface area contributed by atoms with E-state index in [0.717, 1.165) is 0 Å². The highest BCUT2D eigenvalue weighted by Crippen LogP contribution is 2.36. The van der Waals surface area contributed by atoms with E-state index in [0.29, 0.717) is 12.2 Å². The van der Waals surface area contributed by atoms with Crippen LogP contribution in [0.25, 0.3) is 0 Å². The van der Waals surface area contributed by atoms with Gasteiger partial charge in [0.05, 0.1) is 11.6 Å². The molecule has 3 rings (SSSR count). The summed E-state index contributed by atoms with van der Waals surface area (Å²) in [7, 11) is 0. The molecule has 2 N–H and O–H groups in total. The number of carbonyl (C=O) groups is 1. The third-order valence-electron chi connectivity index (χ3n) is 4.81. The number of benzene rings is 1. The first kappa shape index (κ1) is 19.1. The number of rotatable bonds is 5. The summed E-state index contributed by atoms with van der Waals surface area (Å²) in [5, 5.41) is 5.19. The van der Waals surface area contributed by atoms with Crippen molar-refractivity contribution >= 4 is 11.9 Å². The summed E-state index contributed by atoms with van der Waals surface area (Å²) in [6, 6.07) is 7.18. The topological polar surface area (TPSA) is 66.9 Å². The molecule has 5 nitrogen and oxygen atoms in total. The van der Waals surface area contributed by atoms with E-state index >= 15 is 0 Å². The van der Waals surface area contributed by atoms with Crippen molar-refractivity contribution in [1.29, 1.82) is 0 Å². The van der Waals surface area contributed by atoms with Crippen molar-refractivity contribution in [3.05, 3.63) is 53.9 Å². The molecule has 1 saturated heterocycles. The highest BCUT2D eigenvalue weighted by Gasteiger charge is 2.42. The molecule has 0 spiro atoms. The van der Waals surface area contributed by atoms with Crippen LogP contribution in [-0.4, -0.2) is 28.6 Å². The van der Waals surface area contributed by atoms with E-state index in [2.05, 4.69) is 20.6 Å². The van der Waals surface area contributed by atoms with E-state index in [1.54, 1.807) is 24.3 Å². The van der Waals surface area contributed by atoms with Gasteiger partial charge in [0.25, 0.3) is 0 Å². The van der Waals surface area contributed by atoms with Crippen LogP contribution >= 0.6 is 0 Å². The number of nitrogens with zero attached hydrogens (tertiary/aromatic N) is 2. The zero-order chi connectivity index (χ0) is 19.6. The van der Waals surface area contributed by atoms with Crippen molar-refractivity contribution in [2.45, 2.75) is 32.0 Å². The van der Waals surface area contributed by atoms with Gasteiger partial charge in [-0.15, -0.1) is 0 Å². The minimum Gasteiger partial charge on any atom is -0.355 e. The SMILES string of the molecule is CC(C)C1CNC(=O)[C@@H]1c1ccnc(N[C@@H](c2ccccc2)C(F)(F)F)n1. The van der Waals surface area contributed by atoms with Crippen LogP contribution in [0, 0.1) is 11.8 Å². The highest BCUT2D eigenvalue weighted by molar-refractivity contribution is 5.85. The van der Waals surface area contributed by atoms with Gasteiger partial charge < -0.3 is 10.6 Å². The molecule has 1 aliphatic rings. The number of amides is 1. The maximum atomic E-state index is 13.5. The fourth-order valence-electron chi connectivity index (χ4n) is 3.36. The number of halogens is 3. The molecule has 3 atom stereocenters. The second kappa shape index (κ2) is 7.54.